The molecule has 2 amide bonds. The fourth-order valence-electron chi connectivity index (χ4n) is 4.71. The number of rotatable bonds is 7. The van der Waals surface area contributed by atoms with Crippen LogP contribution < -0.4 is 5.56 Å². The molecule has 0 saturated carbocycles. The van der Waals surface area contributed by atoms with Gasteiger partial charge >= 0.3 is 0 Å². The Kier molecular flexibility index (Phi) is 6.37. The first-order valence-corrected chi connectivity index (χ1v) is 12.0. The molecule has 0 spiro atoms. The van der Waals surface area contributed by atoms with E-state index in [4.69, 9.17) is 4.74 Å². The van der Waals surface area contributed by atoms with E-state index in [-0.39, 0.29) is 29.1 Å². The molecule has 2 aliphatic heterocycles. The number of hydrogen-bond donors (Lipinski definition) is 1. The maximum Gasteiger partial charge on any atom is 0.279 e. The normalized spacial score (nSPS) is 16.5. The van der Waals surface area contributed by atoms with Crippen molar-refractivity contribution in [3.8, 4) is 5.69 Å². The molecule has 8 heteroatoms. The van der Waals surface area contributed by atoms with E-state index in [1.54, 1.807) is 0 Å². The Hall–Kier alpha value is -3.91. The highest BCUT2D eigenvalue weighted by molar-refractivity contribution is 6.35. The van der Waals surface area contributed by atoms with Crippen LogP contribution in [0.5, 0.6) is 0 Å². The SMILES string of the molecule is CCCc1[nH]n(-c2ccccc2)c(=O)c1C1=C(N2CCOCC2)C(=O)N(Cc2ccccc2)C1=O. The number of para-hydroxylation sites is 1. The molecule has 1 N–H and O–H groups in total. The lowest BCUT2D eigenvalue weighted by Crippen LogP contribution is -2.40. The summed E-state index contributed by atoms with van der Waals surface area (Å²) in [4.78, 5) is 44.5. The van der Waals surface area contributed by atoms with E-state index < -0.39 is 5.91 Å². The maximum atomic E-state index is 13.9. The smallest absolute Gasteiger partial charge is 0.279 e. The average Bonchev–Trinajstić information content (AvgIpc) is 3.33. The second kappa shape index (κ2) is 9.76. The standard InChI is InChI=1S/C27H28N4O4/c1-2-9-21-22(26(33)31(28-21)20-12-7-4-8-13-20)23-24(29-14-16-35-17-15-29)27(34)30(25(23)32)18-19-10-5-3-6-11-19/h3-8,10-13,28H,2,9,14-18H2,1H3. The van der Waals surface area contributed by atoms with Crippen molar-refractivity contribution >= 4 is 17.4 Å². The van der Waals surface area contributed by atoms with Crippen molar-refractivity contribution in [1.82, 2.24) is 19.6 Å². The van der Waals surface area contributed by atoms with E-state index in [0.717, 1.165) is 12.0 Å². The number of hydrogen-bond acceptors (Lipinski definition) is 5. The number of benzene rings is 2. The number of aryl methyl sites for hydroxylation is 1. The molecule has 5 rings (SSSR count). The highest BCUT2D eigenvalue weighted by Crippen LogP contribution is 2.33. The Morgan fingerprint density at radius 2 is 1.54 bits per heavy atom. The topological polar surface area (TPSA) is 87.6 Å². The summed E-state index contributed by atoms with van der Waals surface area (Å²) in [6, 6.07) is 18.7. The Balaban J connectivity index is 1.66. The van der Waals surface area contributed by atoms with E-state index in [1.807, 2.05) is 72.5 Å². The summed E-state index contributed by atoms with van der Waals surface area (Å²) in [6.07, 6.45) is 1.35. The Labute approximate surface area is 203 Å². The zero-order chi connectivity index (χ0) is 24.4. The number of morpholine rings is 1. The molecule has 3 aromatic rings. The minimum atomic E-state index is -0.436. The van der Waals surface area contributed by atoms with Crippen molar-refractivity contribution in [2.45, 2.75) is 26.3 Å². The van der Waals surface area contributed by atoms with Crippen LogP contribution in [0.1, 0.15) is 30.2 Å². The quantitative estimate of drug-likeness (QED) is 0.535. The summed E-state index contributed by atoms with van der Waals surface area (Å²) in [5.41, 5.74) is 2.61. The van der Waals surface area contributed by atoms with Gasteiger partial charge in [-0.25, -0.2) is 4.68 Å². The van der Waals surface area contributed by atoms with Gasteiger partial charge in [0, 0.05) is 18.8 Å². The molecular weight excluding hydrogens is 444 g/mol. The third-order valence-electron chi connectivity index (χ3n) is 6.38. The van der Waals surface area contributed by atoms with E-state index in [9.17, 15) is 14.4 Å². The molecule has 35 heavy (non-hydrogen) atoms. The van der Waals surface area contributed by atoms with E-state index in [1.165, 1.54) is 9.58 Å². The van der Waals surface area contributed by atoms with Crippen molar-refractivity contribution in [2.75, 3.05) is 26.3 Å². The van der Waals surface area contributed by atoms with Crippen LogP contribution in [0.25, 0.3) is 11.3 Å². The van der Waals surface area contributed by atoms with Gasteiger partial charge in [0.05, 0.1) is 36.6 Å². The molecule has 0 radical (unpaired) electrons. The van der Waals surface area contributed by atoms with Gasteiger partial charge in [-0.05, 0) is 24.1 Å². The van der Waals surface area contributed by atoms with Gasteiger partial charge in [-0.3, -0.25) is 24.4 Å². The Morgan fingerprint density at radius 3 is 2.20 bits per heavy atom. The highest BCUT2D eigenvalue weighted by Gasteiger charge is 2.44. The summed E-state index contributed by atoms with van der Waals surface area (Å²) in [7, 11) is 0. The van der Waals surface area contributed by atoms with Crippen molar-refractivity contribution in [3.63, 3.8) is 0 Å². The lowest BCUT2D eigenvalue weighted by Gasteiger charge is -2.29. The molecule has 1 fully saturated rings. The fourth-order valence-corrected chi connectivity index (χ4v) is 4.71. The Bertz CT molecular complexity index is 1320. The summed E-state index contributed by atoms with van der Waals surface area (Å²) in [6.45, 7) is 4.05. The van der Waals surface area contributed by atoms with E-state index >= 15 is 0 Å². The number of nitrogens with one attached hydrogen (secondary N) is 1. The second-order valence-corrected chi connectivity index (χ2v) is 8.70. The number of carbonyl (C=O) groups is 2. The predicted molar refractivity (Wildman–Crippen MR) is 132 cm³/mol. The molecule has 0 aliphatic carbocycles. The summed E-state index contributed by atoms with van der Waals surface area (Å²) in [5, 5.41) is 3.21. The van der Waals surface area contributed by atoms with Crippen LogP contribution in [-0.2, 0) is 27.3 Å². The number of carbonyl (C=O) groups excluding carboxylic acids is 2. The van der Waals surface area contributed by atoms with Crippen molar-refractivity contribution in [3.05, 3.63) is 93.5 Å². The third kappa shape index (κ3) is 4.21. The molecule has 8 nitrogen and oxygen atoms in total. The molecule has 180 valence electrons. The van der Waals surface area contributed by atoms with Crippen LogP contribution in [0.2, 0.25) is 0 Å². The molecule has 0 atom stereocenters. The lowest BCUT2D eigenvalue weighted by molar-refractivity contribution is -0.138. The van der Waals surface area contributed by atoms with Gasteiger partial charge in [-0.15, -0.1) is 0 Å². The van der Waals surface area contributed by atoms with Gasteiger partial charge in [-0.1, -0.05) is 61.9 Å². The Morgan fingerprint density at radius 1 is 0.886 bits per heavy atom. The van der Waals surface area contributed by atoms with E-state index in [2.05, 4.69) is 5.10 Å². The van der Waals surface area contributed by atoms with Gasteiger partial charge in [0.25, 0.3) is 17.4 Å². The van der Waals surface area contributed by atoms with Crippen LogP contribution in [0.3, 0.4) is 0 Å². The van der Waals surface area contributed by atoms with Gasteiger partial charge in [0.2, 0.25) is 0 Å². The average molecular weight is 473 g/mol. The minimum absolute atomic E-state index is 0.149. The van der Waals surface area contributed by atoms with Crippen LogP contribution in [0, 0.1) is 0 Å². The third-order valence-corrected chi connectivity index (χ3v) is 6.38. The van der Waals surface area contributed by atoms with Crippen LogP contribution in [0.4, 0.5) is 0 Å². The van der Waals surface area contributed by atoms with E-state index in [0.29, 0.717) is 49.8 Å². The summed E-state index contributed by atoms with van der Waals surface area (Å²) >= 11 is 0. The first kappa shape index (κ1) is 22.9. The van der Waals surface area contributed by atoms with Crippen LogP contribution in [-0.4, -0.2) is 57.7 Å². The lowest BCUT2D eigenvalue weighted by atomic mass is 10.0. The van der Waals surface area contributed by atoms with Crippen molar-refractivity contribution in [2.24, 2.45) is 0 Å². The van der Waals surface area contributed by atoms with Gasteiger partial charge < -0.3 is 9.64 Å². The highest BCUT2D eigenvalue weighted by atomic mass is 16.5. The maximum absolute atomic E-state index is 13.9. The number of nitrogens with zero attached hydrogens (tertiary/aromatic N) is 3. The molecule has 0 unspecified atom stereocenters. The summed E-state index contributed by atoms with van der Waals surface area (Å²) < 4.78 is 6.95. The van der Waals surface area contributed by atoms with Crippen molar-refractivity contribution in [1.29, 1.82) is 0 Å². The zero-order valence-electron chi connectivity index (χ0n) is 19.7. The first-order chi connectivity index (χ1) is 17.1. The number of ether oxygens (including phenoxy) is 1. The molecule has 2 aromatic carbocycles. The first-order valence-electron chi connectivity index (χ1n) is 12.0. The molecule has 2 aliphatic rings. The second-order valence-electron chi connectivity index (χ2n) is 8.70. The van der Waals surface area contributed by atoms with Crippen LogP contribution in [0.15, 0.2) is 71.2 Å². The molecule has 3 heterocycles. The number of H-pyrrole nitrogens is 1. The van der Waals surface area contributed by atoms with Crippen molar-refractivity contribution < 1.29 is 14.3 Å². The minimum Gasteiger partial charge on any atom is -0.378 e. The largest absolute Gasteiger partial charge is 0.378 e. The van der Waals surface area contributed by atoms with Gasteiger partial charge in [0.15, 0.2) is 0 Å². The molecule has 1 saturated heterocycles. The fraction of sp³-hybridized carbons (Fsp3) is 0.296. The number of amides is 2. The molecular formula is C27H28N4O4. The predicted octanol–water partition coefficient (Wildman–Crippen LogP) is 2.73. The monoisotopic (exact) mass is 472 g/mol. The molecule has 0 bridgehead atoms. The summed E-state index contributed by atoms with van der Waals surface area (Å²) in [5.74, 6) is -0.806. The van der Waals surface area contributed by atoms with Gasteiger partial charge in [0.1, 0.15) is 5.70 Å². The number of aromatic amines is 1. The zero-order valence-corrected chi connectivity index (χ0v) is 19.7. The molecule has 1 aromatic heterocycles. The van der Waals surface area contributed by atoms with Crippen LogP contribution >= 0.6 is 0 Å². The van der Waals surface area contributed by atoms with Gasteiger partial charge in [-0.2, -0.15) is 0 Å². The number of imide groups is 1. The number of aromatic nitrogens is 2.